The fourth-order valence-electron chi connectivity index (χ4n) is 2.47. The minimum atomic E-state index is 0.360. The molecule has 0 saturated heterocycles. The summed E-state index contributed by atoms with van der Waals surface area (Å²) in [7, 11) is 1.86. The number of hydrogen-bond donors (Lipinski definition) is 1. The van der Waals surface area contributed by atoms with Crippen LogP contribution in [-0.4, -0.2) is 29.7 Å². The van der Waals surface area contributed by atoms with E-state index in [9.17, 15) is 0 Å². The van der Waals surface area contributed by atoms with Crippen LogP contribution in [0.4, 0.5) is 5.82 Å². The molecule has 3 heterocycles. The first-order valence-corrected chi connectivity index (χ1v) is 7.03. The van der Waals surface area contributed by atoms with Gasteiger partial charge in [-0.15, -0.1) is 0 Å². The Kier molecular flexibility index (Phi) is 2.97. The number of rotatable bonds is 2. The highest BCUT2D eigenvalue weighted by molar-refractivity contribution is 5.86. The van der Waals surface area contributed by atoms with Crippen molar-refractivity contribution in [1.82, 2.24) is 29.7 Å². The molecule has 1 aromatic carbocycles. The molecule has 0 spiro atoms. The average molecular weight is 303 g/mol. The van der Waals surface area contributed by atoms with E-state index in [2.05, 4.69) is 25.0 Å². The first-order valence-electron chi connectivity index (χ1n) is 7.03. The molecule has 4 rings (SSSR count). The lowest BCUT2D eigenvalue weighted by atomic mass is 10.1. The van der Waals surface area contributed by atoms with E-state index in [4.69, 9.17) is 5.73 Å². The van der Waals surface area contributed by atoms with E-state index < -0.39 is 0 Å². The Hall–Kier alpha value is -3.35. The lowest BCUT2D eigenvalue weighted by molar-refractivity contribution is 0.770. The van der Waals surface area contributed by atoms with E-state index in [1.54, 1.807) is 17.1 Å². The van der Waals surface area contributed by atoms with Crippen LogP contribution in [0.5, 0.6) is 0 Å². The first kappa shape index (κ1) is 13.3. The van der Waals surface area contributed by atoms with Crippen molar-refractivity contribution in [2.45, 2.75) is 0 Å². The number of nitrogens with two attached hydrogens (primary N) is 1. The summed E-state index contributed by atoms with van der Waals surface area (Å²) in [6, 6.07) is 7.77. The van der Waals surface area contributed by atoms with E-state index in [1.807, 2.05) is 37.5 Å². The molecule has 0 bridgehead atoms. The molecule has 0 unspecified atom stereocenters. The fourth-order valence-corrected chi connectivity index (χ4v) is 2.47. The zero-order chi connectivity index (χ0) is 15.8. The summed E-state index contributed by atoms with van der Waals surface area (Å²) in [4.78, 5) is 17.2. The van der Waals surface area contributed by atoms with Crippen molar-refractivity contribution in [2.24, 2.45) is 7.05 Å². The maximum atomic E-state index is 5.81. The maximum absolute atomic E-state index is 5.81. The normalized spacial score (nSPS) is 11.0. The summed E-state index contributed by atoms with van der Waals surface area (Å²) in [5.41, 5.74) is 9.72. The van der Waals surface area contributed by atoms with Crippen molar-refractivity contribution in [3.8, 4) is 22.6 Å². The number of anilines is 1. The largest absolute Gasteiger partial charge is 0.382 e. The van der Waals surface area contributed by atoms with Crippen molar-refractivity contribution < 1.29 is 0 Å². The van der Waals surface area contributed by atoms with E-state index in [0.717, 1.165) is 27.9 Å². The second kappa shape index (κ2) is 5.13. The zero-order valence-electron chi connectivity index (χ0n) is 12.4. The molecule has 0 atom stereocenters. The van der Waals surface area contributed by atoms with Crippen LogP contribution < -0.4 is 5.73 Å². The Morgan fingerprint density at radius 2 is 1.96 bits per heavy atom. The Morgan fingerprint density at radius 3 is 2.78 bits per heavy atom. The van der Waals surface area contributed by atoms with Gasteiger partial charge >= 0.3 is 0 Å². The average Bonchev–Trinajstić information content (AvgIpc) is 3.01. The third-order valence-corrected chi connectivity index (χ3v) is 3.53. The van der Waals surface area contributed by atoms with Gasteiger partial charge in [0.1, 0.15) is 23.5 Å². The van der Waals surface area contributed by atoms with Crippen LogP contribution in [0.25, 0.3) is 33.5 Å². The quantitative estimate of drug-likeness (QED) is 0.609. The number of benzene rings is 1. The lowest BCUT2D eigenvalue weighted by Gasteiger charge is -2.08. The molecule has 0 aliphatic heterocycles. The summed E-state index contributed by atoms with van der Waals surface area (Å²) in [5, 5.41) is 5.34. The van der Waals surface area contributed by atoms with Crippen LogP contribution in [0.2, 0.25) is 0 Å². The van der Waals surface area contributed by atoms with Crippen LogP contribution in [-0.2, 0) is 7.05 Å². The molecule has 0 aliphatic rings. The Morgan fingerprint density at radius 1 is 1.04 bits per heavy atom. The van der Waals surface area contributed by atoms with Gasteiger partial charge in [0.2, 0.25) is 0 Å². The predicted octanol–water partition coefficient (Wildman–Crippen LogP) is 2.07. The molecular formula is C16H13N7. The maximum Gasteiger partial charge on any atom is 0.142 e. The minimum absolute atomic E-state index is 0.360. The molecule has 7 nitrogen and oxygen atoms in total. The molecule has 0 saturated carbocycles. The van der Waals surface area contributed by atoms with Gasteiger partial charge in [-0.25, -0.2) is 15.0 Å². The molecule has 2 N–H and O–H groups in total. The second-order valence-electron chi connectivity index (χ2n) is 5.16. The number of hydrogen-bond acceptors (Lipinski definition) is 6. The highest BCUT2D eigenvalue weighted by atomic mass is 15.3. The van der Waals surface area contributed by atoms with Crippen LogP contribution in [0.1, 0.15) is 0 Å². The highest BCUT2D eigenvalue weighted by Gasteiger charge is 2.14. The lowest BCUT2D eigenvalue weighted by Crippen LogP contribution is -1.99. The van der Waals surface area contributed by atoms with Gasteiger partial charge in [-0.2, -0.15) is 5.10 Å². The minimum Gasteiger partial charge on any atom is -0.382 e. The number of fused-ring (bicyclic) bond motifs is 1. The van der Waals surface area contributed by atoms with Crippen molar-refractivity contribution >= 4 is 16.7 Å². The van der Waals surface area contributed by atoms with Gasteiger partial charge in [0.25, 0.3) is 0 Å². The van der Waals surface area contributed by atoms with Gasteiger partial charge in [-0.05, 0) is 18.2 Å². The number of nitrogen functional groups attached to an aromatic ring is 1. The van der Waals surface area contributed by atoms with Crippen molar-refractivity contribution in [3.05, 3.63) is 49.2 Å². The third-order valence-electron chi connectivity index (χ3n) is 3.53. The topological polar surface area (TPSA) is 95.4 Å². The molecule has 3 aromatic heterocycles. The highest BCUT2D eigenvalue weighted by Crippen LogP contribution is 2.29. The smallest absolute Gasteiger partial charge is 0.142 e. The number of aromatic nitrogens is 6. The standard InChI is InChI=1S/C16H13N7/c1-23-5-4-13(22-23)16-15(19-8-14(17)21-16)10-2-3-12-11(6-10)7-18-9-20-12/h2-9H,1H3,(H2,17,21). The summed E-state index contributed by atoms with van der Waals surface area (Å²) < 4.78 is 1.72. The summed E-state index contributed by atoms with van der Waals surface area (Å²) in [6.07, 6.45) is 6.72. The molecule has 7 heteroatoms. The van der Waals surface area contributed by atoms with Crippen molar-refractivity contribution in [3.63, 3.8) is 0 Å². The monoisotopic (exact) mass is 303 g/mol. The van der Waals surface area contributed by atoms with Gasteiger partial charge in [0.15, 0.2) is 0 Å². The SMILES string of the molecule is Cn1ccc(-c2nc(N)cnc2-c2ccc3ncncc3c2)n1. The molecule has 0 aliphatic carbocycles. The Labute approximate surface area is 131 Å². The number of nitrogens with zero attached hydrogens (tertiary/aromatic N) is 6. The zero-order valence-corrected chi connectivity index (χ0v) is 12.4. The second-order valence-corrected chi connectivity index (χ2v) is 5.16. The third kappa shape index (κ3) is 2.38. The van der Waals surface area contributed by atoms with E-state index >= 15 is 0 Å². The van der Waals surface area contributed by atoms with Crippen molar-refractivity contribution in [2.75, 3.05) is 5.73 Å². The summed E-state index contributed by atoms with van der Waals surface area (Å²) in [6.45, 7) is 0. The molecule has 0 radical (unpaired) electrons. The van der Waals surface area contributed by atoms with E-state index in [-0.39, 0.29) is 0 Å². The molecule has 0 amide bonds. The first-order chi connectivity index (χ1) is 11.2. The fraction of sp³-hybridized carbons (Fsp3) is 0.0625. The van der Waals surface area contributed by atoms with Crippen LogP contribution in [0, 0.1) is 0 Å². The Bertz CT molecular complexity index is 1010. The van der Waals surface area contributed by atoms with Gasteiger partial charge in [-0.1, -0.05) is 6.07 Å². The molecule has 23 heavy (non-hydrogen) atoms. The van der Waals surface area contributed by atoms with Gasteiger partial charge in [0, 0.05) is 30.4 Å². The van der Waals surface area contributed by atoms with Gasteiger partial charge < -0.3 is 5.73 Å². The molecule has 4 aromatic rings. The number of aryl methyl sites for hydroxylation is 1. The molecule has 0 fully saturated rings. The molecular weight excluding hydrogens is 290 g/mol. The molecule has 112 valence electrons. The predicted molar refractivity (Wildman–Crippen MR) is 87.2 cm³/mol. The Balaban J connectivity index is 1.93. The van der Waals surface area contributed by atoms with Crippen LogP contribution in [0.3, 0.4) is 0 Å². The van der Waals surface area contributed by atoms with Crippen molar-refractivity contribution in [1.29, 1.82) is 0 Å². The van der Waals surface area contributed by atoms with E-state index in [1.165, 1.54) is 6.33 Å². The van der Waals surface area contributed by atoms with Gasteiger partial charge in [0.05, 0.1) is 17.4 Å². The van der Waals surface area contributed by atoms with E-state index in [0.29, 0.717) is 11.5 Å². The summed E-state index contributed by atoms with van der Waals surface area (Å²) in [5.74, 6) is 0.360. The van der Waals surface area contributed by atoms with Crippen LogP contribution in [0.15, 0.2) is 49.2 Å². The van der Waals surface area contributed by atoms with Crippen LogP contribution >= 0.6 is 0 Å². The van der Waals surface area contributed by atoms with Gasteiger partial charge in [-0.3, -0.25) is 9.67 Å². The summed E-state index contributed by atoms with van der Waals surface area (Å²) >= 11 is 0.